The average Bonchev–Trinajstić information content (AvgIpc) is 3.55. The molecule has 0 fully saturated rings. The van der Waals surface area contributed by atoms with E-state index >= 15 is 0 Å². The van der Waals surface area contributed by atoms with Crippen molar-refractivity contribution in [2.24, 2.45) is 0 Å². The molecule has 1 N–H and O–H groups in total. The lowest BCUT2D eigenvalue weighted by molar-refractivity contribution is 0.173. The summed E-state index contributed by atoms with van der Waals surface area (Å²) in [4.78, 5) is 0. The van der Waals surface area contributed by atoms with Crippen LogP contribution in [0.1, 0.15) is 18.9 Å². The first-order valence-corrected chi connectivity index (χ1v) is 10.5. The minimum absolute atomic E-state index is 0.218. The van der Waals surface area contributed by atoms with E-state index < -0.39 is 0 Å². The van der Waals surface area contributed by atoms with E-state index in [2.05, 4.69) is 28.5 Å². The molecule has 0 spiro atoms. The van der Waals surface area contributed by atoms with Crippen LogP contribution in [0, 0.1) is 0 Å². The summed E-state index contributed by atoms with van der Waals surface area (Å²) in [5.74, 6) is 4.47. The van der Waals surface area contributed by atoms with Crippen molar-refractivity contribution in [3.05, 3.63) is 54.1 Å². The molecule has 2 aliphatic rings. The van der Waals surface area contributed by atoms with Gasteiger partial charge in [-0.2, -0.15) is 4.52 Å². The third kappa shape index (κ3) is 3.41. The molecule has 0 saturated carbocycles. The van der Waals surface area contributed by atoms with Gasteiger partial charge in [0.2, 0.25) is 13.6 Å². The molecule has 2 aromatic carbocycles. The summed E-state index contributed by atoms with van der Waals surface area (Å²) in [5, 5.41) is 16.8. The van der Waals surface area contributed by atoms with E-state index in [4.69, 9.17) is 24.0 Å². The van der Waals surface area contributed by atoms with E-state index in [9.17, 15) is 0 Å². The van der Waals surface area contributed by atoms with Crippen LogP contribution in [0.15, 0.2) is 48.5 Å². The first-order chi connectivity index (χ1) is 15.7. The molecule has 1 atom stereocenters. The van der Waals surface area contributed by atoms with Crippen molar-refractivity contribution in [1.82, 2.24) is 19.8 Å². The smallest absolute Gasteiger partial charge is 0.231 e. The van der Waals surface area contributed by atoms with Crippen molar-refractivity contribution in [2.45, 2.75) is 25.8 Å². The monoisotopic (exact) mass is 431 g/mol. The van der Waals surface area contributed by atoms with E-state index in [0.717, 1.165) is 41.5 Å². The lowest BCUT2D eigenvalue weighted by Gasteiger charge is -2.15. The molecule has 0 amide bonds. The summed E-state index contributed by atoms with van der Waals surface area (Å²) in [7, 11) is 0. The Morgan fingerprint density at radius 2 is 1.62 bits per heavy atom. The molecule has 9 nitrogen and oxygen atoms in total. The number of nitrogens with one attached hydrogen (secondary N) is 1. The molecular weight excluding hydrogens is 410 g/mol. The molecule has 0 bridgehead atoms. The van der Waals surface area contributed by atoms with E-state index in [1.807, 2.05) is 42.5 Å². The summed E-state index contributed by atoms with van der Waals surface area (Å²) >= 11 is 0. The van der Waals surface area contributed by atoms with Gasteiger partial charge in [-0.05, 0) is 67.8 Å². The minimum atomic E-state index is 0.218. The van der Waals surface area contributed by atoms with Crippen molar-refractivity contribution >= 4 is 11.5 Å². The number of aryl methyl sites for hydroxylation is 1. The van der Waals surface area contributed by atoms with E-state index in [0.29, 0.717) is 24.0 Å². The van der Waals surface area contributed by atoms with Gasteiger partial charge in [-0.1, -0.05) is 6.07 Å². The molecule has 9 heteroatoms. The van der Waals surface area contributed by atoms with Crippen LogP contribution in [0.4, 0.5) is 5.82 Å². The lowest BCUT2D eigenvalue weighted by atomic mass is 10.1. The molecule has 2 aliphatic heterocycles. The Labute approximate surface area is 183 Å². The van der Waals surface area contributed by atoms with Gasteiger partial charge in [0.05, 0.1) is 0 Å². The zero-order chi connectivity index (χ0) is 21.5. The molecule has 0 saturated heterocycles. The molecule has 4 aromatic rings. The summed E-state index contributed by atoms with van der Waals surface area (Å²) in [6.45, 7) is 2.67. The first kappa shape index (κ1) is 18.7. The molecule has 32 heavy (non-hydrogen) atoms. The molecule has 6 rings (SSSR count). The standard InChI is InChI=1S/C23H21N5O4/c1-14(2-3-15-4-6-17-19(10-15)31-12-29-17)24-21-8-9-22-25-26-23(28(22)27-21)16-5-7-18-20(11-16)32-13-30-18/h4-11,14H,2-3,12-13H2,1H3,(H,24,27). The maximum atomic E-state index is 5.49. The highest BCUT2D eigenvalue weighted by atomic mass is 16.7. The van der Waals surface area contributed by atoms with Gasteiger partial charge in [0, 0.05) is 11.6 Å². The van der Waals surface area contributed by atoms with E-state index in [1.54, 1.807) is 4.52 Å². The number of aromatic nitrogens is 4. The molecule has 0 radical (unpaired) electrons. The van der Waals surface area contributed by atoms with Gasteiger partial charge in [0.15, 0.2) is 34.5 Å². The number of fused-ring (bicyclic) bond motifs is 3. The van der Waals surface area contributed by atoms with Crippen LogP contribution in [0.2, 0.25) is 0 Å². The quantitative estimate of drug-likeness (QED) is 0.494. The summed E-state index contributed by atoms with van der Waals surface area (Å²) < 4.78 is 23.5. The zero-order valence-electron chi connectivity index (χ0n) is 17.4. The van der Waals surface area contributed by atoms with Crippen LogP contribution in [0.5, 0.6) is 23.0 Å². The van der Waals surface area contributed by atoms with Gasteiger partial charge in [-0.25, -0.2) is 0 Å². The number of hydrogen-bond acceptors (Lipinski definition) is 8. The van der Waals surface area contributed by atoms with Gasteiger partial charge in [0.1, 0.15) is 5.82 Å². The van der Waals surface area contributed by atoms with Crippen LogP contribution in [0.25, 0.3) is 17.0 Å². The summed E-state index contributed by atoms with van der Waals surface area (Å²) in [5.41, 5.74) is 2.76. The van der Waals surface area contributed by atoms with Crippen LogP contribution >= 0.6 is 0 Å². The molecular formula is C23H21N5O4. The number of rotatable bonds is 6. The number of anilines is 1. The van der Waals surface area contributed by atoms with E-state index in [-0.39, 0.29) is 12.8 Å². The fourth-order valence-corrected chi connectivity index (χ4v) is 3.89. The van der Waals surface area contributed by atoms with Crippen molar-refractivity contribution in [3.63, 3.8) is 0 Å². The average molecular weight is 431 g/mol. The van der Waals surface area contributed by atoms with Crippen molar-refractivity contribution in [3.8, 4) is 34.4 Å². The first-order valence-electron chi connectivity index (χ1n) is 10.5. The Bertz CT molecular complexity index is 1310. The Hall–Kier alpha value is -4.01. The second-order valence-electron chi connectivity index (χ2n) is 7.85. The normalized spacial score (nSPS) is 14.7. The Morgan fingerprint density at radius 3 is 2.47 bits per heavy atom. The van der Waals surface area contributed by atoms with Crippen LogP contribution < -0.4 is 24.3 Å². The maximum Gasteiger partial charge on any atom is 0.231 e. The number of hydrogen-bond donors (Lipinski definition) is 1. The topological polar surface area (TPSA) is 92.0 Å². The lowest BCUT2D eigenvalue weighted by Crippen LogP contribution is -2.17. The van der Waals surface area contributed by atoms with E-state index in [1.165, 1.54) is 5.56 Å². The van der Waals surface area contributed by atoms with Gasteiger partial charge < -0.3 is 24.3 Å². The third-order valence-corrected chi connectivity index (χ3v) is 5.59. The maximum absolute atomic E-state index is 5.49. The fourth-order valence-electron chi connectivity index (χ4n) is 3.89. The van der Waals surface area contributed by atoms with Crippen molar-refractivity contribution < 1.29 is 18.9 Å². The molecule has 0 aliphatic carbocycles. The number of benzene rings is 2. The number of nitrogens with zero attached hydrogens (tertiary/aromatic N) is 4. The van der Waals surface area contributed by atoms with Gasteiger partial charge in [0.25, 0.3) is 0 Å². The SMILES string of the molecule is CC(CCc1ccc2c(c1)OCO2)Nc1ccc2nnc(-c3ccc4c(c3)OCO4)n2n1. The fraction of sp³-hybridized carbons (Fsp3) is 0.261. The molecule has 4 heterocycles. The van der Waals surface area contributed by atoms with Gasteiger partial charge in [-0.3, -0.25) is 0 Å². The Kier molecular flexibility index (Phi) is 4.45. The Balaban J connectivity index is 1.17. The highest BCUT2D eigenvalue weighted by Crippen LogP contribution is 2.35. The number of ether oxygens (including phenoxy) is 4. The predicted molar refractivity (Wildman–Crippen MR) is 116 cm³/mol. The molecule has 2 aromatic heterocycles. The summed E-state index contributed by atoms with van der Waals surface area (Å²) in [6.07, 6.45) is 1.86. The van der Waals surface area contributed by atoms with Crippen molar-refractivity contribution in [1.29, 1.82) is 0 Å². The Morgan fingerprint density at radius 1 is 0.875 bits per heavy atom. The van der Waals surface area contributed by atoms with Gasteiger partial charge >= 0.3 is 0 Å². The third-order valence-electron chi connectivity index (χ3n) is 5.59. The van der Waals surface area contributed by atoms with Crippen LogP contribution in [-0.2, 0) is 6.42 Å². The summed E-state index contributed by atoms with van der Waals surface area (Å²) in [6, 6.07) is 15.8. The predicted octanol–water partition coefficient (Wildman–Crippen LogP) is 3.68. The highest BCUT2D eigenvalue weighted by molar-refractivity contribution is 5.64. The second-order valence-corrected chi connectivity index (χ2v) is 7.85. The van der Waals surface area contributed by atoms with Crippen molar-refractivity contribution in [2.75, 3.05) is 18.9 Å². The largest absolute Gasteiger partial charge is 0.454 e. The highest BCUT2D eigenvalue weighted by Gasteiger charge is 2.18. The minimum Gasteiger partial charge on any atom is -0.454 e. The second kappa shape index (κ2) is 7.60. The molecule has 162 valence electrons. The van der Waals surface area contributed by atoms with Gasteiger partial charge in [-0.15, -0.1) is 15.3 Å². The van der Waals surface area contributed by atoms with Crippen LogP contribution in [-0.4, -0.2) is 39.4 Å². The zero-order valence-corrected chi connectivity index (χ0v) is 17.4. The molecule has 1 unspecified atom stereocenters. The van der Waals surface area contributed by atoms with Crippen LogP contribution in [0.3, 0.4) is 0 Å².